The van der Waals surface area contributed by atoms with Gasteiger partial charge in [0.15, 0.2) is 0 Å². The number of hydrogen-bond acceptors (Lipinski definition) is 4. The molecule has 5 amide bonds. The molecule has 1 aromatic carbocycles. The van der Waals surface area contributed by atoms with Crippen molar-refractivity contribution in [2.75, 3.05) is 6.54 Å². The molecule has 8 nitrogen and oxygen atoms in total. The number of amides is 5. The van der Waals surface area contributed by atoms with Crippen LogP contribution < -0.4 is 16.2 Å². The van der Waals surface area contributed by atoms with Gasteiger partial charge in [-0.05, 0) is 42.6 Å². The number of urea groups is 1. The van der Waals surface area contributed by atoms with Crippen LogP contribution in [0.15, 0.2) is 30.3 Å². The van der Waals surface area contributed by atoms with Crippen LogP contribution in [0.3, 0.4) is 0 Å². The molecule has 30 heavy (non-hydrogen) atoms. The molecule has 0 bridgehead atoms. The van der Waals surface area contributed by atoms with Crippen LogP contribution in [0.25, 0.3) is 0 Å². The van der Waals surface area contributed by atoms with Crippen LogP contribution in [0.2, 0.25) is 0 Å². The summed E-state index contributed by atoms with van der Waals surface area (Å²) in [5.74, 6) is -0.875. The van der Waals surface area contributed by atoms with E-state index in [-0.39, 0.29) is 23.7 Å². The van der Waals surface area contributed by atoms with Gasteiger partial charge in [-0.1, -0.05) is 51.1 Å². The van der Waals surface area contributed by atoms with Crippen LogP contribution in [-0.2, 0) is 20.8 Å². The van der Waals surface area contributed by atoms with E-state index in [1.54, 1.807) is 0 Å². The van der Waals surface area contributed by atoms with Crippen molar-refractivity contribution in [1.82, 2.24) is 21.1 Å². The molecule has 1 heterocycles. The van der Waals surface area contributed by atoms with E-state index in [0.717, 1.165) is 23.3 Å². The summed E-state index contributed by atoms with van der Waals surface area (Å²) in [5.41, 5.74) is 4.66. The zero-order chi connectivity index (χ0) is 21.9. The first-order valence-electron chi connectivity index (χ1n) is 10.4. The molecule has 1 aliphatic carbocycles. The Morgan fingerprint density at radius 1 is 1.07 bits per heavy atom. The lowest BCUT2D eigenvalue weighted by Crippen LogP contribution is -2.51. The second-order valence-corrected chi connectivity index (χ2v) is 9.30. The summed E-state index contributed by atoms with van der Waals surface area (Å²) in [6.45, 7) is 6.13. The molecule has 2 fully saturated rings. The van der Waals surface area contributed by atoms with Gasteiger partial charge in [0.1, 0.15) is 12.1 Å². The van der Waals surface area contributed by atoms with Gasteiger partial charge in [0.25, 0.3) is 11.8 Å². The van der Waals surface area contributed by atoms with Crippen molar-refractivity contribution in [1.29, 1.82) is 0 Å². The third-order valence-electron chi connectivity index (χ3n) is 6.16. The molecular weight excluding hydrogens is 384 g/mol. The Morgan fingerprint density at radius 3 is 2.27 bits per heavy atom. The zero-order valence-electron chi connectivity index (χ0n) is 17.8. The molecule has 8 heteroatoms. The monoisotopic (exact) mass is 414 g/mol. The molecule has 0 radical (unpaired) electrons. The van der Waals surface area contributed by atoms with Crippen molar-refractivity contribution in [3.8, 4) is 0 Å². The molecule has 162 valence electrons. The molecule has 1 saturated carbocycles. The van der Waals surface area contributed by atoms with Crippen LogP contribution >= 0.6 is 0 Å². The number of carbonyl (C=O) groups excluding carboxylic acids is 4. The van der Waals surface area contributed by atoms with E-state index in [4.69, 9.17) is 0 Å². The minimum atomic E-state index is -0.907. The van der Waals surface area contributed by atoms with Gasteiger partial charge in [-0.15, -0.1) is 0 Å². The van der Waals surface area contributed by atoms with Gasteiger partial charge in [0, 0.05) is 0 Å². The fourth-order valence-electron chi connectivity index (χ4n) is 4.28. The Balaban J connectivity index is 1.50. The fraction of sp³-hybridized carbons (Fsp3) is 0.545. The number of rotatable bonds is 4. The average molecular weight is 415 g/mol. The number of hydrazine groups is 1. The minimum absolute atomic E-state index is 0.113. The number of nitrogens with zero attached hydrogens (tertiary/aromatic N) is 1. The fourth-order valence-corrected chi connectivity index (χ4v) is 4.28. The van der Waals surface area contributed by atoms with Crippen molar-refractivity contribution in [3.05, 3.63) is 35.9 Å². The number of nitrogens with one attached hydrogen (secondary N) is 3. The van der Waals surface area contributed by atoms with Crippen LogP contribution in [0.4, 0.5) is 4.79 Å². The van der Waals surface area contributed by atoms with Gasteiger partial charge in [-0.2, -0.15) is 0 Å². The summed E-state index contributed by atoms with van der Waals surface area (Å²) in [6, 6.07) is 8.56. The van der Waals surface area contributed by atoms with Crippen molar-refractivity contribution in [2.24, 2.45) is 11.3 Å². The van der Waals surface area contributed by atoms with Gasteiger partial charge >= 0.3 is 6.03 Å². The highest BCUT2D eigenvalue weighted by molar-refractivity contribution is 6.09. The maximum absolute atomic E-state index is 12.9. The smallest absolute Gasteiger partial charge is 0.323 e. The van der Waals surface area contributed by atoms with Crippen LogP contribution in [0.5, 0.6) is 0 Å². The zero-order valence-corrected chi connectivity index (χ0v) is 17.8. The molecule has 1 spiro atoms. The molecule has 2 aliphatic rings. The summed E-state index contributed by atoms with van der Waals surface area (Å²) in [7, 11) is 0. The Hall–Kier alpha value is -2.90. The normalized spacial score (nSPS) is 24.0. The number of carbonyl (C=O) groups is 4. The van der Waals surface area contributed by atoms with E-state index in [9.17, 15) is 19.2 Å². The molecule has 0 aromatic heterocycles. The summed E-state index contributed by atoms with van der Waals surface area (Å²) < 4.78 is 0. The molecule has 1 saturated heterocycles. The van der Waals surface area contributed by atoms with Gasteiger partial charge < -0.3 is 5.32 Å². The molecule has 0 unspecified atom stereocenters. The van der Waals surface area contributed by atoms with E-state index < -0.39 is 24.0 Å². The predicted octanol–water partition coefficient (Wildman–Crippen LogP) is 1.90. The van der Waals surface area contributed by atoms with Crippen LogP contribution in [-0.4, -0.2) is 40.7 Å². The lowest BCUT2D eigenvalue weighted by Gasteiger charge is -2.40. The first kappa shape index (κ1) is 21.8. The third-order valence-corrected chi connectivity index (χ3v) is 6.16. The molecule has 1 aliphatic heterocycles. The maximum Gasteiger partial charge on any atom is 0.325 e. The molecule has 1 aromatic rings. The highest BCUT2D eigenvalue weighted by Gasteiger charge is 2.53. The van der Waals surface area contributed by atoms with E-state index in [1.165, 1.54) is 0 Å². The highest BCUT2D eigenvalue weighted by atomic mass is 16.2. The van der Waals surface area contributed by atoms with E-state index >= 15 is 0 Å². The molecule has 3 N–H and O–H groups in total. The molecule has 3 rings (SSSR count). The summed E-state index contributed by atoms with van der Waals surface area (Å²) in [4.78, 5) is 50.4. The maximum atomic E-state index is 12.9. The van der Waals surface area contributed by atoms with E-state index in [1.807, 2.05) is 30.3 Å². The Bertz CT molecular complexity index is 823. The third kappa shape index (κ3) is 4.80. The van der Waals surface area contributed by atoms with Crippen molar-refractivity contribution < 1.29 is 19.2 Å². The lowest BCUT2D eigenvalue weighted by molar-refractivity contribution is -0.137. The van der Waals surface area contributed by atoms with Crippen molar-refractivity contribution in [2.45, 2.75) is 58.4 Å². The Morgan fingerprint density at radius 2 is 1.67 bits per heavy atom. The topological polar surface area (TPSA) is 108 Å². The lowest BCUT2D eigenvalue weighted by atomic mass is 9.67. The van der Waals surface area contributed by atoms with Crippen molar-refractivity contribution >= 4 is 23.8 Å². The number of hydrogen-bond donors (Lipinski definition) is 3. The summed E-state index contributed by atoms with van der Waals surface area (Å²) in [6.07, 6.45) is 2.97. The highest BCUT2D eigenvalue weighted by Crippen LogP contribution is 2.43. The SMILES string of the molecule is CC(C)(C)C1CCC2(CC1)NC(=O)N(CC(=O)NNC(=O)Cc1ccccc1)C2=O. The Labute approximate surface area is 176 Å². The summed E-state index contributed by atoms with van der Waals surface area (Å²) in [5, 5.41) is 2.81. The van der Waals surface area contributed by atoms with Crippen LogP contribution in [0.1, 0.15) is 52.0 Å². The van der Waals surface area contributed by atoms with Gasteiger partial charge in [0.05, 0.1) is 6.42 Å². The molecular formula is C22H30N4O4. The van der Waals surface area contributed by atoms with Gasteiger partial charge in [0.2, 0.25) is 5.91 Å². The second kappa shape index (κ2) is 8.45. The minimum Gasteiger partial charge on any atom is -0.323 e. The predicted molar refractivity (Wildman–Crippen MR) is 111 cm³/mol. The first-order chi connectivity index (χ1) is 14.1. The first-order valence-corrected chi connectivity index (χ1v) is 10.4. The largest absolute Gasteiger partial charge is 0.325 e. The van der Waals surface area contributed by atoms with Crippen LogP contribution in [0, 0.1) is 11.3 Å². The van der Waals surface area contributed by atoms with E-state index in [2.05, 4.69) is 36.9 Å². The number of benzene rings is 1. The van der Waals surface area contributed by atoms with E-state index in [0.29, 0.717) is 18.8 Å². The number of imide groups is 1. The Kier molecular flexibility index (Phi) is 6.14. The van der Waals surface area contributed by atoms with Gasteiger partial charge in [-0.25, -0.2) is 4.79 Å². The summed E-state index contributed by atoms with van der Waals surface area (Å²) >= 11 is 0. The average Bonchev–Trinajstić information content (AvgIpc) is 2.91. The molecule has 0 atom stereocenters. The van der Waals surface area contributed by atoms with Crippen molar-refractivity contribution in [3.63, 3.8) is 0 Å². The second-order valence-electron chi connectivity index (χ2n) is 9.30. The quantitative estimate of drug-likeness (QED) is 0.517. The van der Waals surface area contributed by atoms with Gasteiger partial charge in [-0.3, -0.25) is 30.1 Å². The standard InChI is InChI=1S/C22H30N4O4/c1-21(2,3)16-9-11-22(12-10-16)19(29)26(20(30)23-22)14-18(28)25-24-17(27)13-15-7-5-4-6-8-15/h4-8,16H,9-14H2,1-3H3,(H,23,30)(H,24,27)(H,25,28).